The van der Waals surface area contributed by atoms with Crippen LogP contribution in [0.2, 0.25) is 0 Å². The van der Waals surface area contributed by atoms with Crippen molar-refractivity contribution in [3.8, 4) is 11.5 Å². The first-order valence-corrected chi connectivity index (χ1v) is 6.71. The first-order chi connectivity index (χ1) is 8.69. The van der Waals surface area contributed by atoms with Gasteiger partial charge in [0.25, 0.3) is 0 Å². The van der Waals surface area contributed by atoms with Crippen LogP contribution in [0.3, 0.4) is 0 Å². The third-order valence-electron chi connectivity index (χ3n) is 3.08. The first kappa shape index (κ1) is 13.6. The lowest BCUT2D eigenvalue weighted by Gasteiger charge is -2.27. The Kier molecular flexibility index (Phi) is 4.48. The van der Waals surface area contributed by atoms with Gasteiger partial charge in [-0.1, -0.05) is 0 Å². The molecule has 0 amide bonds. The quantitative estimate of drug-likeness (QED) is 0.930. The smallest absolute Gasteiger partial charge is 0.136 e. The number of nitrogens with one attached hydrogen (secondary N) is 1. The van der Waals surface area contributed by atoms with Gasteiger partial charge in [-0.25, -0.2) is 0 Å². The van der Waals surface area contributed by atoms with E-state index in [-0.39, 0.29) is 6.10 Å². The fraction of sp³-hybridized carbons (Fsp3) is 0.538. The molecule has 1 atom stereocenters. The molecule has 0 bridgehead atoms. The lowest BCUT2D eigenvalue weighted by molar-refractivity contribution is 0.0256. The van der Waals surface area contributed by atoms with E-state index in [0.717, 1.165) is 40.2 Å². The van der Waals surface area contributed by atoms with Gasteiger partial charge in [0.15, 0.2) is 0 Å². The molecule has 1 aromatic carbocycles. The SMILES string of the molecule is COc1cc(C)c(OC)c(Br)c1C1CNCCO1. The zero-order chi connectivity index (χ0) is 13.1. The maximum absolute atomic E-state index is 5.80. The van der Waals surface area contributed by atoms with Gasteiger partial charge in [0.1, 0.15) is 11.5 Å². The highest BCUT2D eigenvalue weighted by Crippen LogP contribution is 2.42. The van der Waals surface area contributed by atoms with Crippen molar-refractivity contribution >= 4 is 15.9 Å². The molecule has 1 saturated heterocycles. The number of morpholine rings is 1. The molecule has 1 N–H and O–H groups in total. The lowest BCUT2D eigenvalue weighted by Crippen LogP contribution is -2.33. The molecule has 100 valence electrons. The highest BCUT2D eigenvalue weighted by molar-refractivity contribution is 9.10. The molecule has 0 aromatic heterocycles. The van der Waals surface area contributed by atoms with E-state index in [0.29, 0.717) is 6.61 Å². The Balaban J connectivity index is 2.48. The third-order valence-corrected chi connectivity index (χ3v) is 3.87. The summed E-state index contributed by atoms with van der Waals surface area (Å²) in [7, 11) is 3.34. The number of hydrogen-bond acceptors (Lipinski definition) is 4. The van der Waals surface area contributed by atoms with Gasteiger partial charge in [-0.2, -0.15) is 0 Å². The Hall–Kier alpha value is -0.780. The second-order valence-corrected chi connectivity index (χ2v) is 5.01. The van der Waals surface area contributed by atoms with Crippen molar-refractivity contribution in [3.63, 3.8) is 0 Å². The molecule has 4 nitrogen and oxygen atoms in total. The largest absolute Gasteiger partial charge is 0.496 e. The number of aryl methyl sites for hydroxylation is 1. The molecule has 5 heteroatoms. The van der Waals surface area contributed by atoms with Gasteiger partial charge in [-0.3, -0.25) is 0 Å². The Morgan fingerprint density at radius 2 is 2.17 bits per heavy atom. The average Bonchev–Trinajstić information content (AvgIpc) is 2.39. The molecule has 1 aromatic rings. The molecule has 1 heterocycles. The van der Waals surface area contributed by atoms with Gasteiger partial charge in [0.05, 0.1) is 31.4 Å². The maximum Gasteiger partial charge on any atom is 0.136 e. The van der Waals surface area contributed by atoms with E-state index in [1.54, 1.807) is 14.2 Å². The van der Waals surface area contributed by atoms with Crippen molar-refractivity contribution in [3.05, 3.63) is 21.7 Å². The predicted molar refractivity (Wildman–Crippen MR) is 73.5 cm³/mol. The van der Waals surface area contributed by atoms with E-state index < -0.39 is 0 Å². The summed E-state index contributed by atoms with van der Waals surface area (Å²) in [5.41, 5.74) is 2.04. The van der Waals surface area contributed by atoms with Crippen molar-refractivity contribution in [2.75, 3.05) is 33.9 Å². The normalized spacial score (nSPS) is 19.7. The summed E-state index contributed by atoms with van der Waals surface area (Å²) in [6, 6.07) is 1.98. The monoisotopic (exact) mass is 315 g/mol. The highest BCUT2D eigenvalue weighted by atomic mass is 79.9. The molecule has 1 unspecified atom stereocenters. The molecule has 0 aliphatic carbocycles. The van der Waals surface area contributed by atoms with E-state index in [9.17, 15) is 0 Å². The number of ether oxygens (including phenoxy) is 3. The van der Waals surface area contributed by atoms with E-state index in [4.69, 9.17) is 14.2 Å². The number of halogens is 1. The summed E-state index contributed by atoms with van der Waals surface area (Å²) in [4.78, 5) is 0. The van der Waals surface area contributed by atoms with Crippen LogP contribution >= 0.6 is 15.9 Å². The van der Waals surface area contributed by atoms with Crippen LogP contribution in [0.5, 0.6) is 11.5 Å². The molecule has 2 rings (SSSR count). The minimum absolute atomic E-state index is 0.0161. The number of hydrogen-bond donors (Lipinski definition) is 1. The van der Waals surface area contributed by atoms with Gasteiger partial charge in [-0.05, 0) is 34.5 Å². The van der Waals surface area contributed by atoms with Crippen molar-refractivity contribution in [2.45, 2.75) is 13.0 Å². The Bertz CT molecular complexity index is 431. The van der Waals surface area contributed by atoms with Crippen LogP contribution in [0, 0.1) is 6.92 Å². The fourth-order valence-corrected chi connectivity index (χ4v) is 3.14. The molecule has 0 radical (unpaired) electrons. The minimum atomic E-state index is -0.0161. The molecule has 1 aliphatic rings. The van der Waals surface area contributed by atoms with Gasteiger partial charge < -0.3 is 19.5 Å². The van der Waals surface area contributed by atoms with Crippen molar-refractivity contribution in [1.82, 2.24) is 5.32 Å². The summed E-state index contributed by atoms with van der Waals surface area (Å²) in [5.74, 6) is 1.66. The average molecular weight is 316 g/mol. The first-order valence-electron chi connectivity index (χ1n) is 5.92. The van der Waals surface area contributed by atoms with E-state index in [1.165, 1.54) is 0 Å². The molecule has 0 spiro atoms. The van der Waals surface area contributed by atoms with Crippen LogP contribution < -0.4 is 14.8 Å². The van der Waals surface area contributed by atoms with Crippen molar-refractivity contribution < 1.29 is 14.2 Å². The summed E-state index contributed by atoms with van der Waals surface area (Å²) in [5, 5.41) is 3.32. The van der Waals surface area contributed by atoms with Crippen LogP contribution in [0.25, 0.3) is 0 Å². The van der Waals surface area contributed by atoms with Crippen molar-refractivity contribution in [2.24, 2.45) is 0 Å². The number of rotatable bonds is 3. The summed E-state index contributed by atoms with van der Waals surface area (Å²) < 4.78 is 17.6. The van der Waals surface area contributed by atoms with Crippen LogP contribution in [-0.4, -0.2) is 33.9 Å². The van der Waals surface area contributed by atoms with Crippen LogP contribution in [0.4, 0.5) is 0 Å². The minimum Gasteiger partial charge on any atom is -0.496 e. The van der Waals surface area contributed by atoms with Crippen LogP contribution in [0.15, 0.2) is 10.5 Å². The van der Waals surface area contributed by atoms with Crippen LogP contribution in [0.1, 0.15) is 17.2 Å². The summed E-state index contributed by atoms with van der Waals surface area (Å²) in [6.45, 7) is 4.37. The second-order valence-electron chi connectivity index (χ2n) is 4.22. The Morgan fingerprint density at radius 1 is 1.39 bits per heavy atom. The van der Waals surface area contributed by atoms with Gasteiger partial charge in [-0.15, -0.1) is 0 Å². The van der Waals surface area contributed by atoms with Gasteiger partial charge in [0, 0.05) is 18.7 Å². The van der Waals surface area contributed by atoms with Crippen LogP contribution in [-0.2, 0) is 4.74 Å². The topological polar surface area (TPSA) is 39.7 Å². The summed E-state index contributed by atoms with van der Waals surface area (Å²) >= 11 is 3.61. The molecule has 1 aliphatic heterocycles. The molecular weight excluding hydrogens is 298 g/mol. The Labute approximate surface area is 116 Å². The molecule has 1 fully saturated rings. The number of benzene rings is 1. The van der Waals surface area contributed by atoms with E-state index >= 15 is 0 Å². The third kappa shape index (κ3) is 2.48. The molecule has 0 saturated carbocycles. The summed E-state index contributed by atoms with van der Waals surface area (Å²) in [6.07, 6.45) is -0.0161. The van der Waals surface area contributed by atoms with E-state index in [1.807, 2.05) is 13.0 Å². The predicted octanol–water partition coefficient (Wildman–Crippen LogP) is 2.44. The number of methoxy groups -OCH3 is 2. The Morgan fingerprint density at radius 3 is 2.72 bits per heavy atom. The molecular formula is C13H18BrNO3. The fourth-order valence-electron chi connectivity index (χ4n) is 2.21. The lowest BCUT2D eigenvalue weighted by atomic mass is 10.0. The zero-order valence-electron chi connectivity index (χ0n) is 10.9. The zero-order valence-corrected chi connectivity index (χ0v) is 12.5. The maximum atomic E-state index is 5.80. The van der Waals surface area contributed by atoms with Gasteiger partial charge >= 0.3 is 0 Å². The van der Waals surface area contributed by atoms with E-state index in [2.05, 4.69) is 21.2 Å². The van der Waals surface area contributed by atoms with Crippen molar-refractivity contribution in [1.29, 1.82) is 0 Å². The highest BCUT2D eigenvalue weighted by Gasteiger charge is 2.25. The van der Waals surface area contributed by atoms with Gasteiger partial charge in [0.2, 0.25) is 0 Å². The standard InChI is InChI=1S/C13H18BrNO3/c1-8-6-9(16-2)11(12(14)13(8)17-3)10-7-15-4-5-18-10/h6,10,15H,4-5,7H2,1-3H3. The second kappa shape index (κ2) is 5.91. The molecule has 18 heavy (non-hydrogen) atoms.